The van der Waals surface area contributed by atoms with E-state index in [4.69, 9.17) is 10.2 Å². The van der Waals surface area contributed by atoms with Crippen LogP contribution in [-0.4, -0.2) is 46.8 Å². The normalized spacial score (nSPS) is 14.7. The first kappa shape index (κ1) is 20.3. The third-order valence-electron chi connectivity index (χ3n) is 4.07. The van der Waals surface area contributed by atoms with Crippen LogP contribution in [0.1, 0.15) is 36.8 Å². The largest absolute Gasteiger partial charge is 0.378 e. The fraction of sp³-hybridized carbons (Fsp3) is 0.400. The Morgan fingerprint density at radius 3 is 1.38 bits per heavy atom. The van der Waals surface area contributed by atoms with Crippen LogP contribution in [0.25, 0.3) is 0 Å². The second-order valence-electron chi connectivity index (χ2n) is 6.19. The molecule has 1 unspecified atom stereocenters. The number of hydrogen-bond donors (Lipinski definition) is 3. The van der Waals surface area contributed by atoms with Crippen LogP contribution < -0.4 is 0 Å². The standard InChI is InChI=1S/C11H17NO.C9H12O2/c1-9(11(13)12(2)3)10-7-5-4-6-8-10;1-7(9(10)11)8-5-3-2-4-6-8/h4-9,11,13H,1-3H3;2-7,9-11H,1H3/t9-,11?;7-/m00/s1. The van der Waals surface area contributed by atoms with E-state index in [1.807, 2.05) is 86.6 Å². The highest BCUT2D eigenvalue weighted by Crippen LogP contribution is 2.19. The number of aliphatic hydroxyl groups excluding tert-OH is 2. The van der Waals surface area contributed by atoms with Crippen molar-refractivity contribution >= 4 is 0 Å². The van der Waals surface area contributed by atoms with E-state index in [-0.39, 0.29) is 11.8 Å². The van der Waals surface area contributed by atoms with Crippen LogP contribution in [0, 0.1) is 0 Å². The van der Waals surface area contributed by atoms with E-state index in [1.165, 1.54) is 5.56 Å². The van der Waals surface area contributed by atoms with E-state index in [9.17, 15) is 5.11 Å². The fourth-order valence-electron chi connectivity index (χ4n) is 2.30. The molecule has 0 aromatic heterocycles. The van der Waals surface area contributed by atoms with Crippen LogP contribution in [0.15, 0.2) is 60.7 Å². The van der Waals surface area contributed by atoms with Crippen LogP contribution in [0.2, 0.25) is 0 Å². The first-order chi connectivity index (χ1) is 11.3. The molecule has 4 heteroatoms. The third kappa shape index (κ3) is 6.42. The molecule has 0 saturated carbocycles. The quantitative estimate of drug-likeness (QED) is 0.737. The average Bonchev–Trinajstić information content (AvgIpc) is 2.61. The minimum atomic E-state index is -1.27. The second-order valence-corrected chi connectivity index (χ2v) is 6.19. The number of hydrogen-bond acceptors (Lipinski definition) is 4. The smallest absolute Gasteiger partial charge is 0.158 e. The Bertz CT molecular complexity index is 558. The second kappa shape index (κ2) is 10.2. The lowest BCUT2D eigenvalue weighted by Gasteiger charge is -2.25. The molecule has 2 aromatic carbocycles. The molecule has 2 aromatic rings. The summed E-state index contributed by atoms with van der Waals surface area (Å²) in [6.07, 6.45) is -1.68. The minimum Gasteiger partial charge on any atom is -0.378 e. The zero-order chi connectivity index (χ0) is 18.1. The van der Waals surface area contributed by atoms with Gasteiger partial charge in [0.25, 0.3) is 0 Å². The van der Waals surface area contributed by atoms with Gasteiger partial charge in [0.15, 0.2) is 6.29 Å². The molecular formula is C20H29NO3. The summed E-state index contributed by atoms with van der Waals surface area (Å²) in [6, 6.07) is 19.5. The van der Waals surface area contributed by atoms with Gasteiger partial charge in [-0.05, 0) is 25.2 Å². The van der Waals surface area contributed by atoms with Crippen LogP contribution in [-0.2, 0) is 0 Å². The van der Waals surface area contributed by atoms with Gasteiger partial charge >= 0.3 is 0 Å². The van der Waals surface area contributed by atoms with E-state index in [0.29, 0.717) is 0 Å². The highest BCUT2D eigenvalue weighted by atomic mass is 16.5. The molecule has 2 rings (SSSR count). The molecule has 0 bridgehead atoms. The van der Waals surface area contributed by atoms with Crippen molar-refractivity contribution in [3.05, 3.63) is 71.8 Å². The van der Waals surface area contributed by atoms with E-state index in [2.05, 4.69) is 0 Å². The van der Waals surface area contributed by atoms with Crippen LogP contribution in [0.5, 0.6) is 0 Å². The Morgan fingerprint density at radius 1 is 0.667 bits per heavy atom. The molecule has 0 aliphatic heterocycles. The average molecular weight is 331 g/mol. The number of nitrogens with zero attached hydrogens (tertiary/aromatic N) is 1. The summed E-state index contributed by atoms with van der Waals surface area (Å²) in [7, 11) is 3.76. The van der Waals surface area contributed by atoms with Crippen molar-refractivity contribution < 1.29 is 15.3 Å². The molecule has 0 heterocycles. The third-order valence-corrected chi connectivity index (χ3v) is 4.07. The zero-order valence-corrected chi connectivity index (χ0v) is 14.9. The molecule has 0 aliphatic carbocycles. The Labute approximate surface area is 145 Å². The van der Waals surface area contributed by atoms with Gasteiger partial charge in [-0.25, -0.2) is 0 Å². The van der Waals surface area contributed by atoms with Gasteiger partial charge in [0.1, 0.15) is 6.23 Å². The summed E-state index contributed by atoms with van der Waals surface area (Å²) in [5, 5.41) is 27.4. The fourth-order valence-corrected chi connectivity index (χ4v) is 2.30. The summed E-state index contributed by atoms with van der Waals surface area (Å²) < 4.78 is 0. The van der Waals surface area contributed by atoms with E-state index in [0.717, 1.165) is 5.56 Å². The van der Waals surface area contributed by atoms with Gasteiger partial charge in [0, 0.05) is 11.8 Å². The molecule has 0 radical (unpaired) electrons. The zero-order valence-electron chi connectivity index (χ0n) is 14.9. The lowest BCUT2D eigenvalue weighted by atomic mass is 9.99. The molecule has 3 atom stereocenters. The summed E-state index contributed by atoms with van der Waals surface area (Å²) in [5.74, 6) is -0.0626. The van der Waals surface area contributed by atoms with E-state index < -0.39 is 12.5 Å². The van der Waals surface area contributed by atoms with Crippen molar-refractivity contribution in [2.45, 2.75) is 38.2 Å². The topological polar surface area (TPSA) is 63.9 Å². The lowest BCUT2D eigenvalue weighted by molar-refractivity contribution is -0.0561. The predicted molar refractivity (Wildman–Crippen MR) is 97.6 cm³/mol. The minimum absolute atomic E-state index is 0.149. The van der Waals surface area contributed by atoms with Crippen LogP contribution in [0.3, 0.4) is 0 Å². The predicted octanol–water partition coefficient (Wildman–Crippen LogP) is 2.77. The highest BCUT2D eigenvalue weighted by molar-refractivity contribution is 5.20. The lowest BCUT2D eigenvalue weighted by Crippen LogP contribution is -2.32. The van der Waals surface area contributed by atoms with Gasteiger partial charge in [0.05, 0.1) is 0 Å². The number of aliphatic hydroxyl groups is 3. The Balaban J connectivity index is 0.000000243. The molecule has 0 saturated heterocycles. The summed E-state index contributed by atoms with van der Waals surface area (Å²) in [5.41, 5.74) is 2.12. The maximum atomic E-state index is 9.77. The van der Waals surface area contributed by atoms with Gasteiger partial charge in [-0.3, -0.25) is 4.90 Å². The van der Waals surface area contributed by atoms with Crippen molar-refractivity contribution in [1.82, 2.24) is 4.90 Å². The van der Waals surface area contributed by atoms with Crippen molar-refractivity contribution in [3.8, 4) is 0 Å². The SMILES string of the molecule is C[C@@H](c1ccccc1)C(O)N(C)C.C[C@@H](c1ccccc1)C(O)O. The van der Waals surface area contributed by atoms with Crippen molar-refractivity contribution in [1.29, 1.82) is 0 Å². The number of benzene rings is 2. The van der Waals surface area contributed by atoms with Crippen LogP contribution in [0.4, 0.5) is 0 Å². The molecule has 24 heavy (non-hydrogen) atoms. The van der Waals surface area contributed by atoms with Gasteiger partial charge in [-0.1, -0.05) is 74.5 Å². The van der Waals surface area contributed by atoms with Crippen molar-refractivity contribution in [2.75, 3.05) is 14.1 Å². The van der Waals surface area contributed by atoms with Crippen LogP contribution >= 0.6 is 0 Å². The molecule has 0 spiro atoms. The Morgan fingerprint density at radius 2 is 1.04 bits per heavy atom. The van der Waals surface area contributed by atoms with Crippen molar-refractivity contribution in [3.63, 3.8) is 0 Å². The van der Waals surface area contributed by atoms with E-state index >= 15 is 0 Å². The maximum absolute atomic E-state index is 9.77. The summed E-state index contributed by atoms with van der Waals surface area (Å²) in [4.78, 5) is 1.82. The maximum Gasteiger partial charge on any atom is 0.158 e. The van der Waals surface area contributed by atoms with Gasteiger partial charge in [-0.15, -0.1) is 0 Å². The molecule has 4 nitrogen and oxygen atoms in total. The first-order valence-corrected chi connectivity index (χ1v) is 8.15. The van der Waals surface area contributed by atoms with Gasteiger partial charge < -0.3 is 15.3 Å². The molecule has 0 aliphatic rings. The van der Waals surface area contributed by atoms with Gasteiger partial charge in [-0.2, -0.15) is 0 Å². The van der Waals surface area contributed by atoms with Gasteiger partial charge in [0.2, 0.25) is 0 Å². The van der Waals surface area contributed by atoms with E-state index in [1.54, 1.807) is 6.92 Å². The Kier molecular flexibility index (Phi) is 8.65. The molecule has 3 N–H and O–H groups in total. The molecule has 0 amide bonds. The molecule has 132 valence electrons. The Hall–Kier alpha value is -1.72. The first-order valence-electron chi connectivity index (χ1n) is 8.15. The summed E-state index contributed by atoms with van der Waals surface area (Å²) in [6.45, 7) is 3.81. The highest BCUT2D eigenvalue weighted by Gasteiger charge is 2.17. The van der Waals surface area contributed by atoms with Crippen molar-refractivity contribution in [2.24, 2.45) is 0 Å². The number of rotatable bonds is 5. The molecular weight excluding hydrogens is 302 g/mol. The summed E-state index contributed by atoms with van der Waals surface area (Å²) >= 11 is 0. The molecule has 0 fully saturated rings. The monoisotopic (exact) mass is 331 g/mol. The number of likely N-dealkylation sites (N-methyl/N-ethyl adjacent to an activating group) is 1.